The van der Waals surface area contributed by atoms with Crippen molar-refractivity contribution in [3.63, 3.8) is 0 Å². The fraction of sp³-hybridized carbons (Fsp3) is 0.125. The summed E-state index contributed by atoms with van der Waals surface area (Å²) in [4.78, 5) is 8.58. The van der Waals surface area contributed by atoms with Crippen molar-refractivity contribution in [1.82, 2.24) is 9.97 Å². The molecule has 2 aromatic heterocycles. The Balaban J connectivity index is 2.04. The van der Waals surface area contributed by atoms with Crippen molar-refractivity contribution >= 4 is 10.9 Å². The molecule has 1 aromatic carbocycles. The van der Waals surface area contributed by atoms with Gasteiger partial charge in [0.1, 0.15) is 6.10 Å². The number of benzene rings is 1. The van der Waals surface area contributed by atoms with Crippen molar-refractivity contribution in [2.75, 3.05) is 0 Å². The van der Waals surface area contributed by atoms with Crippen molar-refractivity contribution in [1.29, 1.82) is 0 Å². The standard InChI is InChI=1S/C16H14N2O/c1-11-6-7-17-15(8-11)16(19)13-9-12-4-2-3-5-14(12)18-10-13/h2-10,16,19H,1H3. The van der Waals surface area contributed by atoms with Crippen LogP contribution in [0.3, 0.4) is 0 Å². The zero-order valence-corrected chi connectivity index (χ0v) is 10.6. The Morgan fingerprint density at radius 1 is 1.05 bits per heavy atom. The van der Waals surface area contributed by atoms with Crippen LogP contribution in [0.2, 0.25) is 0 Å². The van der Waals surface area contributed by atoms with Crippen molar-refractivity contribution in [2.45, 2.75) is 13.0 Å². The molecule has 0 bridgehead atoms. The molecule has 0 saturated heterocycles. The summed E-state index contributed by atoms with van der Waals surface area (Å²) in [5.74, 6) is 0. The lowest BCUT2D eigenvalue weighted by Crippen LogP contribution is -2.03. The first-order valence-electron chi connectivity index (χ1n) is 6.19. The zero-order valence-electron chi connectivity index (χ0n) is 10.6. The van der Waals surface area contributed by atoms with E-state index in [0.717, 1.165) is 22.0 Å². The predicted octanol–water partition coefficient (Wildman–Crippen LogP) is 3.02. The highest BCUT2D eigenvalue weighted by Gasteiger charge is 2.12. The molecule has 94 valence electrons. The number of aliphatic hydroxyl groups is 1. The number of aromatic nitrogens is 2. The first-order valence-corrected chi connectivity index (χ1v) is 6.19. The van der Waals surface area contributed by atoms with Gasteiger partial charge < -0.3 is 5.11 Å². The Hall–Kier alpha value is -2.26. The molecule has 0 aliphatic heterocycles. The van der Waals surface area contributed by atoms with Gasteiger partial charge in [0, 0.05) is 23.3 Å². The van der Waals surface area contributed by atoms with Gasteiger partial charge in [0.05, 0.1) is 11.2 Å². The molecule has 1 unspecified atom stereocenters. The number of aryl methyl sites for hydroxylation is 1. The molecule has 0 fully saturated rings. The second-order valence-corrected chi connectivity index (χ2v) is 4.62. The third kappa shape index (κ3) is 2.33. The highest BCUT2D eigenvalue weighted by Crippen LogP contribution is 2.23. The topological polar surface area (TPSA) is 46.0 Å². The highest BCUT2D eigenvalue weighted by molar-refractivity contribution is 5.78. The molecule has 19 heavy (non-hydrogen) atoms. The molecule has 0 radical (unpaired) electrons. The predicted molar refractivity (Wildman–Crippen MR) is 74.8 cm³/mol. The molecule has 0 saturated carbocycles. The molecule has 0 aliphatic carbocycles. The minimum atomic E-state index is -0.739. The van der Waals surface area contributed by atoms with Gasteiger partial charge in [0.15, 0.2) is 0 Å². The normalized spacial score (nSPS) is 12.5. The maximum Gasteiger partial charge on any atom is 0.122 e. The lowest BCUT2D eigenvalue weighted by atomic mass is 10.0. The van der Waals surface area contributed by atoms with Gasteiger partial charge in [-0.1, -0.05) is 18.2 Å². The molecule has 2 heterocycles. The van der Waals surface area contributed by atoms with Crippen LogP contribution in [0.25, 0.3) is 10.9 Å². The van der Waals surface area contributed by atoms with Crippen LogP contribution in [0.15, 0.2) is 54.9 Å². The number of nitrogens with zero attached hydrogens (tertiary/aromatic N) is 2. The van der Waals surface area contributed by atoms with E-state index in [1.165, 1.54) is 0 Å². The number of pyridine rings is 2. The summed E-state index contributed by atoms with van der Waals surface area (Å²) in [6, 6.07) is 13.6. The van der Waals surface area contributed by atoms with E-state index in [1.54, 1.807) is 12.4 Å². The number of aliphatic hydroxyl groups excluding tert-OH is 1. The van der Waals surface area contributed by atoms with E-state index in [1.807, 2.05) is 49.4 Å². The molecule has 1 N–H and O–H groups in total. The van der Waals surface area contributed by atoms with E-state index in [0.29, 0.717) is 5.69 Å². The van der Waals surface area contributed by atoms with Crippen LogP contribution in [0, 0.1) is 6.92 Å². The lowest BCUT2D eigenvalue weighted by Gasteiger charge is -2.11. The average molecular weight is 250 g/mol. The SMILES string of the molecule is Cc1ccnc(C(O)c2cnc3ccccc3c2)c1. The molecular weight excluding hydrogens is 236 g/mol. The maximum atomic E-state index is 10.4. The highest BCUT2D eigenvalue weighted by atomic mass is 16.3. The van der Waals surface area contributed by atoms with E-state index >= 15 is 0 Å². The van der Waals surface area contributed by atoms with E-state index in [9.17, 15) is 5.11 Å². The summed E-state index contributed by atoms with van der Waals surface area (Å²) in [7, 11) is 0. The summed E-state index contributed by atoms with van der Waals surface area (Å²) in [6.45, 7) is 1.98. The third-order valence-corrected chi connectivity index (χ3v) is 3.14. The van der Waals surface area contributed by atoms with E-state index in [4.69, 9.17) is 0 Å². The Bertz CT molecular complexity index is 725. The van der Waals surface area contributed by atoms with Gasteiger partial charge in [-0.05, 0) is 36.8 Å². The zero-order chi connectivity index (χ0) is 13.2. The number of para-hydroxylation sites is 1. The molecule has 3 rings (SSSR count). The largest absolute Gasteiger partial charge is 0.382 e. The first-order chi connectivity index (χ1) is 9.24. The van der Waals surface area contributed by atoms with Gasteiger partial charge in [-0.3, -0.25) is 9.97 Å². The van der Waals surface area contributed by atoms with Crippen LogP contribution in [0.1, 0.15) is 22.9 Å². The first kappa shape index (κ1) is 11.8. The van der Waals surface area contributed by atoms with Crippen molar-refractivity contribution < 1.29 is 5.11 Å². The van der Waals surface area contributed by atoms with Crippen molar-refractivity contribution in [3.8, 4) is 0 Å². The Morgan fingerprint density at radius 2 is 1.89 bits per heavy atom. The van der Waals surface area contributed by atoms with Crippen LogP contribution in [-0.4, -0.2) is 15.1 Å². The van der Waals surface area contributed by atoms with Gasteiger partial charge in [-0.15, -0.1) is 0 Å². The monoisotopic (exact) mass is 250 g/mol. The molecular formula is C16H14N2O. The van der Waals surface area contributed by atoms with Crippen LogP contribution >= 0.6 is 0 Å². The second-order valence-electron chi connectivity index (χ2n) is 4.62. The Morgan fingerprint density at radius 3 is 2.74 bits per heavy atom. The third-order valence-electron chi connectivity index (χ3n) is 3.14. The van der Waals surface area contributed by atoms with E-state index in [2.05, 4.69) is 9.97 Å². The van der Waals surface area contributed by atoms with E-state index < -0.39 is 6.10 Å². The average Bonchev–Trinajstić information content (AvgIpc) is 2.46. The lowest BCUT2D eigenvalue weighted by molar-refractivity contribution is 0.215. The number of rotatable bonds is 2. The number of hydrogen-bond acceptors (Lipinski definition) is 3. The fourth-order valence-corrected chi connectivity index (χ4v) is 2.12. The summed E-state index contributed by atoms with van der Waals surface area (Å²) in [5.41, 5.74) is 3.42. The molecule has 0 aliphatic rings. The van der Waals surface area contributed by atoms with Crippen molar-refractivity contribution in [2.24, 2.45) is 0 Å². The second kappa shape index (κ2) is 4.78. The van der Waals surface area contributed by atoms with Gasteiger partial charge >= 0.3 is 0 Å². The smallest absolute Gasteiger partial charge is 0.122 e. The quantitative estimate of drug-likeness (QED) is 0.760. The van der Waals surface area contributed by atoms with Crippen molar-refractivity contribution in [3.05, 3.63) is 71.7 Å². The Kier molecular flexibility index (Phi) is 2.97. The Labute approximate surface area is 111 Å². The van der Waals surface area contributed by atoms with Gasteiger partial charge in [0.25, 0.3) is 0 Å². The minimum Gasteiger partial charge on any atom is -0.382 e. The summed E-state index contributed by atoms with van der Waals surface area (Å²) < 4.78 is 0. The molecule has 1 atom stereocenters. The van der Waals surface area contributed by atoms with Crippen LogP contribution in [0.4, 0.5) is 0 Å². The molecule has 3 nitrogen and oxygen atoms in total. The van der Waals surface area contributed by atoms with E-state index in [-0.39, 0.29) is 0 Å². The molecule has 0 amide bonds. The van der Waals surface area contributed by atoms with Crippen LogP contribution in [0.5, 0.6) is 0 Å². The summed E-state index contributed by atoms with van der Waals surface area (Å²) >= 11 is 0. The maximum absolute atomic E-state index is 10.4. The fourth-order valence-electron chi connectivity index (χ4n) is 2.12. The van der Waals surface area contributed by atoms with Crippen LogP contribution < -0.4 is 0 Å². The summed E-state index contributed by atoms with van der Waals surface area (Å²) in [6.07, 6.45) is 2.68. The number of fused-ring (bicyclic) bond motifs is 1. The minimum absolute atomic E-state index is 0.650. The number of hydrogen-bond donors (Lipinski definition) is 1. The van der Waals surface area contributed by atoms with Gasteiger partial charge in [-0.2, -0.15) is 0 Å². The van der Waals surface area contributed by atoms with Gasteiger partial charge in [0.2, 0.25) is 0 Å². The molecule has 0 spiro atoms. The van der Waals surface area contributed by atoms with Gasteiger partial charge in [-0.25, -0.2) is 0 Å². The molecule has 3 heteroatoms. The van der Waals surface area contributed by atoms with Crippen LogP contribution in [-0.2, 0) is 0 Å². The molecule has 3 aromatic rings. The summed E-state index contributed by atoms with van der Waals surface area (Å²) in [5, 5.41) is 11.4.